The molecule has 0 bridgehead atoms. The van der Waals surface area contributed by atoms with E-state index in [1.807, 2.05) is 18.2 Å². The van der Waals surface area contributed by atoms with E-state index in [2.05, 4.69) is 26.9 Å². The highest BCUT2D eigenvalue weighted by atomic mass is 32.2. The highest BCUT2D eigenvalue weighted by molar-refractivity contribution is 7.89. The first kappa shape index (κ1) is 20.0. The lowest BCUT2D eigenvalue weighted by Crippen LogP contribution is -2.48. The number of methoxy groups -OCH3 is 1. The molecule has 0 spiro atoms. The number of hydrogen-bond acceptors (Lipinski definition) is 5. The van der Waals surface area contributed by atoms with Gasteiger partial charge < -0.3 is 9.64 Å². The predicted octanol–water partition coefficient (Wildman–Crippen LogP) is 2.01. The Morgan fingerprint density at radius 3 is 2.07 bits per heavy atom. The van der Waals surface area contributed by atoms with E-state index in [0.29, 0.717) is 18.0 Å². The number of H-pyrrole nitrogens is 1. The molecule has 0 amide bonds. The molecule has 2 fully saturated rings. The average Bonchev–Trinajstić information content (AvgIpc) is 2.80. The number of nitrogens with one attached hydrogen (secondary N) is 1. The van der Waals surface area contributed by atoms with Crippen molar-refractivity contribution in [3.05, 3.63) is 42.6 Å². The first-order chi connectivity index (χ1) is 14.1. The fourth-order valence-corrected chi connectivity index (χ4v) is 5.50. The topological polar surface area (TPSA) is 67.2 Å². The Kier molecular flexibility index (Phi) is 5.91. The third kappa shape index (κ3) is 4.33. The molecule has 0 saturated carbocycles. The molecule has 0 atom stereocenters. The SMILES string of the molecule is COc1ccc(N2CCN(c3ccc(S(=O)(=O)N4CCCCC4)c[nH+]3)CC2)cc1. The molecule has 3 heterocycles. The van der Waals surface area contributed by atoms with Crippen molar-refractivity contribution in [3.8, 4) is 5.75 Å². The Hall–Kier alpha value is -2.32. The van der Waals surface area contributed by atoms with Crippen molar-refractivity contribution < 1.29 is 18.1 Å². The second-order valence-electron chi connectivity index (χ2n) is 7.55. The molecule has 2 aromatic rings. The van der Waals surface area contributed by atoms with Gasteiger partial charge in [0, 0.05) is 24.8 Å². The Balaban J connectivity index is 1.38. The van der Waals surface area contributed by atoms with Crippen molar-refractivity contribution in [2.75, 3.05) is 56.2 Å². The van der Waals surface area contributed by atoms with Crippen LogP contribution in [0, 0.1) is 0 Å². The lowest BCUT2D eigenvalue weighted by molar-refractivity contribution is -0.367. The van der Waals surface area contributed by atoms with E-state index in [0.717, 1.165) is 57.0 Å². The molecule has 2 saturated heterocycles. The summed E-state index contributed by atoms with van der Waals surface area (Å²) in [6, 6.07) is 11.8. The van der Waals surface area contributed by atoms with Crippen LogP contribution in [0.1, 0.15) is 19.3 Å². The summed E-state index contributed by atoms with van der Waals surface area (Å²) in [5, 5.41) is 0. The molecule has 1 N–H and O–H groups in total. The number of aromatic nitrogens is 1. The van der Waals surface area contributed by atoms with Gasteiger partial charge in [-0.15, -0.1) is 0 Å². The molecule has 1 aromatic carbocycles. The van der Waals surface area contributed by atoms with Gasteiger partial charge in [-0.1, -0.05) is 6.42 Å². The minimum absolute atomic E-state index is 0.347. The van der Waals surface area contributed by atoms with Crippen LogP contribution in [0.25, 0.3) is 0 Å². The van der Waals surface area contributed by atoms with Gasteiger partial charge in [0.05, 0.1) is 20.2 Å². The third-order valence-corrected chi connectivity index (χ3v) is 7.67. The second kappa shape index (κ2) is 8.59. The van der Waals surface area contributed by atoms with Gasteiger partial charge in [-0.25, -0.2) is 13.4 Å². The van der Waals surface area contributed by atoms with Crippen molar-refractivity contribution in [2.24, 2.45) is 0 Å². The normalized spacial score (nSPS) is 18.7. The van der Waals surface area contributed by atoms with Gasteiger partial charge in [-0.05, 0) is 43.2 Å². The lowest BCUT2D eigenvalue weighted by atomic mass is 10.2. The zero-order chi connectivity index (χ0) is 20.3. The third-order valence-electron chi connectivity index (χ3n) is 5.78. The van der Waals surface area contributed by atoms with Crippen molar-refractivity contribution in [1.82, 2.24) is 4.31 Å². The molecule has 8 heteroatoms. The molecular formula is C21H29N4O3S+. The van der Waals surface area contributed by atoms with E-state index >= 15 is 0 Å². The number of benzene rings is 1. The van der Waals surface area contributed by atoms with E-state index in [1.54, 1.807) is 23.7 Å². The molecular weight excluding hydrogens is 388 g/mol. The van der Waals surface area contributed by atoms with Gasteiger partial charge in [0.15, 0.2) is 0 Å². The van der Waals surface area contributed by atoms with Gasteiger partial charge in [-0.3, -0.25) is 4.90 Å². The summed E-state index contributed by atoms with van der Waals surface area (Å²) >= 11 is 0. The second-order valence-corrected chi connectivity index (χ2v) is 9.48. The molecule has 0 unspecified atom stereocenters. The summed E-state index contributed by atoms with van der Waals surface area (Å²) < 4.78 is 32.4. The largest absolute Gasteiger partial charge is 0.497 e. The Morgan fingerprint density at radius 2 is 1.48 bits per heavy atom. The van der Waals surface area contributed by atoms with E-state index in [1.165, 1.54) is 5.69 Å². The standard InChI is InChI=1S/C21H28N4O3S/c1-28-19-7-5-18(6-8-19)23-13-15-24(16-14-23)21-10-9-20(17-22-21)29(26,27)25-11-3-2-4-12-25/h5-10,17H,2-4,11-16H2,1H3/p+1. The zero-order valence-electron chi connectivity index (χ0n) is 16.9. The Bertz CT molecular complexity index is 902. The van der Waals surface area contributed by atoms with E-state index in [9.17, 15) is 8.42 Å². The fourth-order valence-electron chi connectivity index (χ4n) is 4.01. The van der Waals surface area contributed by atoms with Crippen LogP contribution in [0.4, 0.5) is 11.5 Å². The van der Waals surface area contributed by atoms with E-state index < -0.39 is 10.0 Å². The van der Waals surface area contributed by atoms with Crippen molar-refractivity contribution in [2.45, 2.75) is 24.2 Å². The average molecular weight is 418 g/mol. The zero-order valence-corrected chi connectivity index (χ0v) is 17.7. The van der Waals surface area contributed by atoms with Crippen molar-refractivity contribution >= 4 is 21.5 Å². The first-order valence-electron chi connectivity index (χ1n) is 10.2. The van der Waals surface area contributed by atoms with Crippen LogP contribution in [0.5, 0.6) is 5.75 Å². The number of piperidine rings is 1. The number of sulfonamides is 1. The van der Waals surface area contributed by atoms with Crippen LogP contribution in [0.2, 0.25) is 0 Å². The molecule has 156 valence electrons. The monoisotopic (exact) mass is 417 g/mol. The molecule has 4 rings (SSSR count). The molecule has 0 aliphatic carbocycles. The summed E-state index contributed by atoms with van der Waals surface area (Å²) in [6.07, 6.45) is 4.63. The van der Waals surface area contributed by atoms with Crippen molar-refractivity contribution in [3.63, 3.8) is 0 Å². The van der Waals surface area contributed by atoms with Crippen LogP contribution in [0.3, 0.4) is 0 Å². The summed E-state index contributed by atoms with van der Waals surface area (Å²) in [5.41, 5.74) is 1.19. The number of aromatic amines is 1. The van der Waals surface area contributed by atoms with Crippen LogP contribution in [-0.4, -0.2) is 59.1 Å². The maximum Gasteiger partial charge on any atom is 0.274 e. The molecule has 0 radical (unpaired) electrons. The number of pyridine rings is 1. The lowest BCUT2D eigenvalue weighted by Gasteiger charge is -2.32. The highest BCUT2D eigenvalue weighted by Gasteiger charge is 2.28. The number of rotatable bonds is 5. The van der Waals surface area contributed by atoms with E-state index in [4.69, 9.17) is 4.74 Å². The molecule has 29 heavy (non-hydrogen) atoms. The number of ether oxygens (including phenoxy) is 1. The summed E-state index contributed by atoms with van der Waals surface area (Å²) in [4.78, 5) is 8.17. The quantitative estimate of drug-likeness (QED) is 0.745. The van der Waals surface area contributed by atoms with Gasteiger partial charge in [0.1, 0.15) is 29.9 Å². The maximum absolute atomic E-state index is 12.8. The summed E-state index contributed by atoms with van der Waals surface area (Å²) in [7, 11) is -1.72. The van der Waals surface area contributed by atoms with Crippen LogP contribution >= 0.6 is 0 Å². The van der Waals surface area contributed by atoms with Gasteiger partial charge >= 0.3 is 0 Å². The molecule has 2 aliphatic heterocycles. The molecule has 2 aliphatic rings. The number of hydrogen-bond donors (Lipinski definition) is 0. The number of piperazine rings is 1. The minimum atomic E-state index is -3.40. The van der Waals surface area contributed by atoms with E-state index in [-0.39, 0.29) is 0 Å². The number of nitrogens with zero attached hydrogens (tertiary/aromatic N) is 3. The fraction of sp³-hybridized carbons (Fsp3) is 0.476. The Morgan fingerprint density at radius 1 is 0.828 bits per heavy atom. The van der Waals surface area contributed by atoms with Gasteiger partial charge in [-0.2, -0.15) is 4.31 Å². The van der Waals surface area contributed by atoms with Crippen LogP contribution in [0.15, 0.2) is 47.5 Å². The smallest absolute Gasteiger partial charge is 0.274 e. The summed E-state index contributed by atoms with van der Waals surface area (Å²) in [6.45, 7) is 4.82. The number of anilines is 2. The molecule has 1 aromatic heterocycles. The Labute approximate surface area is 172 Å². The maximum atomic E-state index is 12.8. The minimum Gasteiger partial charge on any atom is -0.497 e. The van der Waals surface area contributed by atoms with Crippen LogP contribution in [-0.2, 0) is 10.0 Å². The summed E-state index contributed by atoms with van der Waals surface area (Å²) in [5.74, 6) is 1.82. The van der Waals surface area contributed by atoms with Gasteiger partial charge in [0.25, 0.3) is 5.82 Å². The molecule has 7 nitrogen and oxygen atoms in total. The first-order valence-corrected chi connectivity index (χ1v) is 11.7. The predicted molar refractivity (Wildman–Crippen MR) is 113 cm³/mol. The highest BCUT2D eigenvalue weighted by Crippen LogP contribution is 2.23. The van der Waals surface area contributed by atoms with Crippen molar-refractivity contribution in [1.29, 1.82) is 0 Å². The van der Waals surface area contributed by atoms with Crippen LogP contribution < -0.4 is 19.5 Å². The van der Waals surface area contributed by atoms with Gasteiger partial charge in [0.2, 0.25) is 10.0 Å².